The summed E-state index contributed by atoms with van der Waals surface area (Å²) in [6.07, 6.45) is 4.38. The fourth-order valence-electron chi connectivity index (χ4n) is 0.284. The Morgan fingerprint density at radius 2 is 1.80 bits per heavy atom. The average Bonchev–Trinajstić information content (AvgIpc) is 1.61. The van der Waals surface area contributed by atoms with Gasteiger partial charge in [0.15, 0.2) is 5.78 Å². The fourth-order valence-corrected chi connectivity index (χ4v) is 0.284. The first-order valence-electron chi connectivity index (χ1n) is 2.44. The van der Waals surface area contributed by atoms with Crippen molar-refractivity contribution in [2.45, 2.75) is 20.3 Å². The smallest absolute Gasteiger partial charge is 1.00 e. The SMILES string of the molecule is CCC=CC(C)=O.[Cl-].[Cl-].[Pd+2]. The Morgan fingerprint density at radius 1 is 1.40 bits per heavy atom. The zero-order valence-electron chi connectivity index (χ0n) is 5.84. The second-order valence-corrected chi connectivity index (χ2v) is 1.42. The molecule has 0 unspecified atom stereocenters. The van der Waals surface area contributed by atoms with Gasteiger partial charge in [-0.05, 0) is 19.4 Å². The molecule has 0 aromatic carbocycles. The Bertz CT molecular complexity index is 93.7. The molecule has 0 saturated heterocycles. The molecule has 1 nitrogen and oxygen atoms in total. The minimum absolute atomic E-state index is 0. The third-order valence-electron chi connectivity index (χ3n) is 0.588. The molecule has 0 aliphatic heterocycles. The second-order valence-electron chi connectivity index (χ2n) is 1.42. The van der Waals surface area contributed by atoms with Gasteiger partial charge in [0.05, 0.1) is 0 Å². The van der Waals surface area contributed by atoms with Gasteiger partial charge >= 0.3 is 20.4 Å². The van der Waals surface area contributed by atoms with Crippen molar-refractivity contribution in [2.24, 2.45) is 0 Å². The molecule has 0 aliphatic carbocycles. The summed E-state index contributed by atoms with van der Waals surface area (Å²) in [5, 5.41) is 0. The maximum Gasteiger partial charge on any atom is 2.00 e. The molecule has 0 aliphatic rings. The van der Waals surface area contributed by atoms with Crippen molar-refractivity contribution in [1.82, 2.24) is 0 Å². The van der Waals surface area contributed by atoms with Gasteiger partial charge in [0.2, 0.25) is 0 Å². The molecule has 10 heavy (non-hydrogen) atoms. The molecule has 0 radical (unpaired) electrons. The molecule has 0 spiro atoms. The van der Waals surface area contributed by atoms with Crippen LogP contribution in [-0.2, 0) is 25.2 Å². The largest absolute Gasteiger partial charge is 2.00 e. The molecule has 0 fully saturated rings. The Kier molecular flexibility index (Phi) is 36.6. The molecule has 0 amide bonds. The van der Waals surface area contributed by atoms with Crippen LogP contribution in [0.2, 0.25) is 0 Å². The van der Waals surface area contributed by atoms with E-state index in [9.17, 15) is 4.79 Å². The van der Waals surface area contributed by atoms with E-state index in [0.717, 1.165) is 6.42 Å². The summed E-state index contributed by atoms with van der Waals surface area (Å²) in [5.41, 5.74) is 0. The van der Waals surface area contributed by atoms with Crippen LogP contribution in [0.3, 0.4) is 0 Å². The van der Waals surface area contributed by atoms with Gasteiger partial charge in [-0.25, -0.2) is 0 Å². The van der Waals surface area contributed by atoms with Crippen molar-refractivity contribution in [3.8, 4) is 0 Å². The van der Waals surface area contributed by atoms with Crippen molar-refractivity contribution < 1.29 is 50.0 Å². The first kappa shape index (κ1) is 22.4. The quantitative estimate of drug-likeness (QED) is 0.367. The van der Waals surface area contributed by atoms with Crippen LogP contribution < -0.4 is 24.8 Å². The monoisotopic (exact) mass is 274 g/mol. The van der Waals surface area contributed by atoms with E-state index in [1.54, 1.807) is 13.0 Å². The zero-order chi connectivity index (χ0) is 5.70. The molecule has 0 aromatic rings. The minimum Gasteiger partial charge on any atom is -1.00 e. The van der Waals surface area contributed by atoms with Crippen LogP contribution in [-0.4, -0.2) is 5.78 Å². The minimum atomic E-state index is 0. The maximum absolute atomic E-state index is 10.1. The number of hydrogen-bond donors (Lipinski definition) is 0. The number of ketones is 1. The Balaban J connectivity index is -0.0000000600. The summed E-state index contributed by atoms with van der Waals surface area (Å²) >= 11 is 0. The zero-order valence-corrected chi connectivity index (χ0v) is 8.91. The number of allylic oxidation sites excluding steroid dienone is 2. The van der Waals surface area contributed by atoms with Gasteiger partial charge < -0.3 is 24.8 Å². The maximum atomic E-state index is 10.1. The number of hydrogen-bond acceptors (Lipinski definition) is 1. The molecular formula is C6H10Cl2OPd. The van der Waals surface area contributed by atoms with Crippen LogP contribution in [0.4, 0.5) is 0 Å². The molecule has 0 bridgehead atoms. The average molecular weight is 275 g/mol. The first-order chi connectivity index (χ1) is 3.27. The van der Waals surface area contributed by atoms with E-state index in [0.29, 0.717) is 0 Å². The topological polar surface area (TPSA) is 17.1 Å². The number of halogens is 2. The molecule has 0 aromatic heterocycles. The predicted molar refractivity (Wildman–Crippen MR) is 30.1 cm³/mol. The summed E-state index contributed by atoms with van der Waals surface area (Å²) in [6, 6.07) is 0. The summed E-state index contributed by atoms with van der Waals surface area (Å²) in [4.78, 5) is 10.1. The Hall–Kier alpha value is 0.652. The molecule has 0 rings (SSSR count). The number of carbonyl (C=O) groups excluding carboxylic acids is 1. The van der Waals surface area contributed by atoms with Crippen molar-refractivity contribution in [3.63, 3.8) is 0 Å². The number of carbonyl (C=O) groups is 1. The first-order valence-corrected chi connectivity index (χ1v) is 2.44. The van der Waals surface area contributed by atoms with E-state index >= 15 is 0 Å². The molecule has 0 heterocycles. The third-order valence-corrected chi connectivity index (χ3v) is 0.588. The van der Waals surface area contributed by atoms with E-state index in [4.69, 9.17) is 0 Å². The van der Waals surface area contributed by atoms with Gasteiger partial charge in [0.1, 0.15) is 0 Å². The molecule has 0 atom stereocenters. The number of rotatable bonds is 2. The van der Waals surface area contributed by atoms with Gasteiger partial charge in [-0.15, -0.1) is 0 Å². The van der Waals surface area contributed by atoms with Crippen LogP contribution in [0.5, 0.6) is 0 Å². The molecule has 0 saturated carbocycles. The van der Waals surface area contributed by atoms with Crippen molar-refractivity contribution in [1.29, 1.82) is 0 Å². The van der Waals surface area contributed by atoms with Crippen molar-refractivity contribution >= 4 is 5.78 Å². The molecule has 4 heteroatoms. The van der Waals surface area contributed by atoms with E-state index < -0.39 is 0 Å². The van der Waals surface area contributed by atoms with Gasteiger partial charge in [0.25, 0.3) is 0 Å². The van der Waals surface area contributed by atoms with Crippen LogP contribution in [0, 0.1) is 0 Å². The summed E-state index contributed by atoms with van der Waals surface area (Å²) < 4.78 is 0. The van der Waals surface area contributed by atoms with E-state index in [1.807, 2.05) is 13.0 Å². The summed E-state index contributed by atoms with van der Waals surface area (Å²) in [6.45, 7) is 3.55. The van der Waals surface area contributed by atoms with E-state index in [-0.39, 0.29) is 51.0 Å². The van der Waals surface area contributed by atoms with Crippen LogP contribution in [0.1, 0.15) is 20.3 Å². The molecule has 0 N–H and O–H groups in total. The predicted octanol–water partition coefficient (Wildman–Crippen LogP) is -4.45. The summed E-state index contributed by atoms with van der Waals surface area (Å²) in [5.74, 6) is 0.127. The van der Waals surface area contributed by atoms with Crippen molar-refractivity contribution in [3.05, 3.63) is 12.2 Å². The van der Waals surface area contributed by atoms with Gasteiger partial charge in [-0.3, -0.25) is 4.79 Å². The Morgan fingerprint density at radius 3 is 1.90 bits per heavy atom. The van der Waals surface area contributed by atoms with Crippen LogP contribution in [0.15, 0.2) is 12.2 Å². The van der Waals surface area contributed by atoms with E-state index in [2.05, 4.69) is 0 Å². The van der Waals surface area contributed by atoms with Crippen molar-refractivity contribution in [2.75, 3.05) is 0 Å². The van der Waals surface area contributed by atoms with Crippen LogP contribution in [0.25, 0.3) is 0 Å². The van der Waals surface area contributed by atoms with Gasteiger partial charge in [-0.1, -0.05) is 13.0 Å². The second kappa shape index (κ2) is 16.3. The van der Waals surface area contributed by atoms with Gasteiger partial charge in [0, 0.05) is 0 Å². The van der Waals surface area contributed by atoms with E-state index in [1.165, 1.54) is 0 Å². The van der Waals surface area contributed by atoms with Crippen LogP contribution >= 0.6 is 0 Å². The fraction of sp³-hybridized carbons (Fsp3) is 0.500. The molecule has 64 valence electrons. The summed E-state index contributed by atoms with van der Waals surface area (Å²) in [7, 11) is 0. The Labute approximate surface area is 88.1 Å². The van der Waals surface area contributed by atoms with Gasteiger partial charge in [-0.2, -0.15) is 0 Å². The normalized spacial score (nSPS) is 7.00. The molecular weight excluding hydrogens is 265 g/mol. The third kappa shape index (κ3) is 23.4. The standard InChI is InChI=1S/C6H10O.2ClH.Pd/c1-3-4-5-6(2)7;;;/h4-5H,3H2,1-2H3;2*1H;/q;;;+2/p-2.